The van der Waals surface area contributed by atoms with Gasteiger partial charge in [0.15, 0.2) is 5.78 Å². The molecular formula is C27H37BrN4O4. The van der Waals surface area contributed by atoms with Gasteiger partial charge in [0.05, 0.1) is 31.5 Å². The Balaban J connectivity index is 0.00000456. The fourth-order valence-corrected chi connectivity index (χ4v) is 4.30. The molecule has 0 bridgehead atoms. The van der Waals surface area contributed by atoms with Gasteiger partial charge in [-0.3, -0.25) is 15.0 Å². The Morgan fingerprint density at radius 1 is 1.14 bits per heavy atom. The van der Waals surface area contributed by atoms with E-state index < -0.39 is 0 Å². The molecule has 9 heteroatoms. The third-order valence-electron chi connectivity index (χ3n) is 6.03. The molecule has 36 heavy (non-hydrogen) atoms. The molecule has 0 fully saturated rings. The Bertz CT molecular complexity index is 1160. The number of ether oxygens (including phenoxy) is 2. The summed E-state index contributed by atoms with van der Waals surface area (Å²) in [6.07, 6.45) is 0. The number of Topliss-reactive ketones (excluding diaryl/α,β-unsaturated/α-hetero) is 1. The van der Waals surface area contributed by atoms with E-state index in [-0.39, 0.29) is 46.5 Å². The zero-order valence-corrected chi connectivity index (χ0v) is 23.8. The van der Waals surface area contributed by atoms with Gasteiger partial charge in [-0.15, -0.1) is 17.0 Å². The highest BCUT2D eigenvalue weighted by Gasteiger charge is 2.30. The number of halogens is 1. The van der Waals surface area contributed by atoms with Gasteiger partial charge in [-0.2, -0.15) is 0 Å². The molecule has 0 spiro atoms. The largest absolute Gasteiger partial charge is 0.494 e. The van der Waals surface area contributed by atoms with E-state index in [2.05, 4.69) is 31.4 Å². The fourth-order valence-electron chi connectivity index (χ4n) is 4.30. The standard InChI is InChI=1S/C27H36N4O4.BrH/c1-8-30-21-11-16(10-20(24(21)34-7)27(3,4)5)22(32)15-31-14-17-12-23(35-9-2)19(26(33)29-6)13-18(17)25(31)28;/h10-13,28,30H,8-9,14-15H2,1-7H3,(H,29,33);1H. The molecule has 0 aromatic heterocycles. The van der Waals surface area contributed by atoms with Crippen LogP contribution in [0.4, 0.5) is 5.69 Å². The Hall–Kier alpha value is -3.07. The van der Waals surface area contributed by atoms with Crippen molar-refractivity contribution < 1.29 is 19.1 Å². The normalized spacial score (nSPS) is 12.5. The van der Waals surface area contributed by atoms with Gasteiger partial charge in [0, 0.05) is 36.8 Å². The van der Waals surface area contributed by atoms with Crippen LogP contribution in [0.1, 0.15) is 72.0 Å². The molecule has 0 atom stereocenters. The number of amidine groups is 1. The first kappa shape index (κ1) is 29.2. The quantitative estimate of drug-likeness (QED) is 0.381. The molecule has 1 aliphatic rings. The molecule has 3 N–H and O–H groups in total. The molecule has 1 heterocycles. The molecule has 0 aliphatic carbocycles. The number of nitrogens with zero attached hydrogens (tertiary/aromatic N) is 1. The topological polar surface area (TPSA) is 104 Å². The second-order valence-electron chi connectivity index (χ2n) is 9.53. The van der Waals surface area contributed by atoms with Crippen molar-refractivity contribution in [2.24, 2.45) is 0 Å². The Labute approximate surface area is 224 Å². The van der Waals surface area contributed by atoms with Crippen LogP contribution in [-0.4, -0.2) is 56.3 Å². The molecule has 2 aromatic carbocycles. The number of rotatable bonds is 9. The van der Waals surface area contributed by atoms with E-state index in [4.69, 9.17) is 14.9 Å². The van der Waals surface area contributed by atoms with Crippen molar-refractivity contribution in [3.63, 3.8) is 0 Å². The van der Waals surface area contributed by atoms with Crippen LogP contribution < -0.4 is 20.1 Å². The molecule has 0 saturated carbocycles. The van der Waals surface area contributed by atoms with Gasteiger partial charge in [0.2, 0.25) is 0 Å². The zero-order chi connectivity index (χ0) is 25.9. The van der Waals surface area contributed by atoms with Crippen LogP contribution in [0.2, 0.25) is 0 Å². The van der Waals surface area contributed by atoms with Crippen LogP contribution in [0.15, 0.2) is 24.3 Å². The van der Waals surface area contributed by atoms with Crippen LogP contribution in [0.3, 0.4) is 0 Å². The van der Waals surface area contributed by atoms with Crippen molar-refractivity contribution in [1.29, 1.82) is 5.41 Å². The summed E-state index contributed by atoms with van der Waals surface area (Å²) in [5.74, 6) is 1.07. The number of methoxy groups -OCH3 is 1. The molecule has 0 radical (unpaired) electrons. The van der Waals surface area contributed by atoms with Crippen LogP contribution >= 0.6 is 17.0 Å². The van der Waals surface area contributed by atoms with Crippen LogP contribution in [0, 0.1) is 5.41 Å². The van der Waals surface area contributed by atoms with Crippen molar-refractivity contribution >= 4 is 40.2 Å². The highest BCUT2D eigenvalue weighted by Crippen LogP contribution is 2.38. The van der Waals surface area contributed by atoms with Crippen molar-refractivity contribution in [2.45, 2.75) is 46.6 Å². The first-order chi connectivity index (χ1) is 16.5. The Morgan fingerprint density at radius 3 is 2.39 bits per heavy atom. The second-order valence-corrected chi connectivity index (χ2v) is 9.53. The average molecular weight is 562 g/mol. The molecule has 0 unspecified atom stereocenters. The minimum Gasteiger partial charge on any atom is -0.494 e. The number of nitrogens with one attached hydrogen (secondary N) is 3. The monoisotopic (exact) mass is 560 g/mol. The van der Waals surface area contributed by atoms with Crippen LogP contribution in [0.25, 0.3) is 0 Å². The van der Waals surface area contributed by atoms with E-state index in [0.29, 0.717) is 42.1 Å². The number of carbonyl (C=O) groups excluding carboxylic acids is 2. The zero-order valence-electron chi connectivity index (χ0n) is 22.1. The average Bonchev–Trinajstić information content (AvgIpc) is 3.11. The van der Waals surface area contributed by atoms with Crippen molar-refractivity contribution in [3.8, 4) is 11.5 Å². The number of hydrogen-bond acceptors (Lipinski definition) is 6. The van der Waals surface area contributed by atoms with Gasteiger partial charge in [0.1, 0.15) is 17.3 Å². The first-order valence-electron chi connectivity index (χ1n) is 11.9. The number of benzene rings is 2. The summed E-state index contributed by atoms with van der Waals surface area (Å²) in [5, 5.41) is 14.6. The van der Waals surface area contributed by atoms with Gasteiger partial charge in [-0.1, -0.05) is 20.8 Å². The number of ketones is 1. The summed E-state index contributed by atoms with van der Waals surface area (Å²) in [6.45, 7) is 11.7. The lowest BCUT2D eigenvalue weighted by Gasteiger charge is -2.26. The van der Waals surface area contributed by atoms with E-state index >= 15 is 0 Å². The van der Waals surface area contributed by atoms with Gasteiger partial charge in [0.25, 0.3) is 5.91 Å². The Kier molecular flexibility index (Phi) is 9.54. The lowest BCUT2D eigenvalue weighted by atomic mass is 9.84. The van der Waals surface area contributed by atoms with E-state index in [0.717, 1.165) is 22.6 Å². The molecule has 1 amide bonds. The van der Waals surface area contributed by atoms with Gasteiger partial charge < -0.3 is 25.0 Å². The number of amides is 1. The van der Waals surface area contributed by atoms with E-state index in [1.54, 1.807) is 31.2 Å². The predicted molar refractivity (Wildman–Crippen MR) is 149 cm³/mol. The maximum absolute atomic E-state index is 13.4. The predicted octanol–water partition coefficient (Wildman–Crippen LogP) is 4.78. The molecular weight excluding hydrogens is 524 g/mol. The van der Waals surface area contributed by atoms with E-state index in [9.17, 15) is 9.59 Å². The number of fused-ring (bicyclic) bond motifs is 1. The molecule has 0 saturated heterocycles. The van der Waals surface area contributed by atoms with Gasteiger partial charge >= 0.3 is 0 Å². The summed E-state index contributed by atoms with van der Waals surface area (Å²) in [4.78, 5) is 27.5. The first-order valence-corrected chi connectivity index (χ1v) is 11.9. The van der Waals surface area contributed by atoms with E-state index in [1.807, 2.05) is 26.0 Å². The lowest BCUT2D eigenvalue weighted by Crippen LogP contribution is -2.30. The smallest absolute Gasteiger partial charge is 0.254 e. The maximum Gasteiger partial charge on any atom is 0.254 e. The van der Waals surface area contributed by atoms with Crippen molar-refractivity contribution in [1.82, 2.24) is 10.2 Å². The third kappa shape index (κ3) is 5.83. The van der Waals surface area contributed by atoms with Crippen molar-refractivity contribution in [3.05, 3.63) is 52.1 Å². The summed E-state index contributed by atoms with van der Waals surface area (Å²) in [5.41, 5.74) is 3.94. The van der Waals surface area contributed by atoms with Gasteiger partial charge in [-0.05, 0) is 49.1 Å². The number of hydrogen-bond donors (Lipinski definition) is 3. The summed E-state index contributed by atoms with van der Waals surface area (Å²) in [7, 11) is 3.20. The highest BCUT2D eigenvalue weighted by atomic mass is 79.9. The minimum atomic E-state index is -0.275. The molecule has 1 aliphatic heterocycles. The third-order valence-corrected chi connectivity index (χ3v) is 6.03. The van der Waals surface area contributed by atoms with Crippen LogP contribution in [-0.2, 0) is 12.0 Å². The van der Waals surface area contributed by atoms with Crippen molar-refractivity contribution in [2.75, 3.05) is 39.2 Å². The van der Waals surface area contributed by atoms with Crippen LogP contribution in [0.5, 0.6) is 11.5 Å². The van der Waals surface area contributed by atoms with E-state index in [1.165, 1.54) is 0 Å². The minimum absolute atomic E-state index is 0. The molecule has 2 aromatic rings. The molecule has 8 nitrogen and oxygen atoms in total. The summed E-state index contributed by atoms with van der Waals surface area (Å²) < 4.78 is 11.4. The molecule has 196 valence electrons. The second kappa shape index (κ2) is 11.8. The summed E-state index contributed by atoms with van der Waals surface area (Å²) in [6, 6.07) is 7.20. The number of anilines is 1. The lowest BCUT2D eigenvalue weighted by molar-refractivity contribution is 0.0953. The Morgan fingerprint density at radius 2 is 1.83 bits per heavy atom. The molecule has 3 rings (SSSR count). The highest BCUT2D eigenvalue weighted by molar-refractivity contribution is 8.93. The number of carbonyl (C=O) groups is 2. The fraction of sp³-hybridized carbons (Fsp3) is 0.444. The summed E-state index contributed by atoms with van der Waals surface area (Å²) >= 11 is 0. The SMILES string of the molecule is Br.CCNc1cc(C(=O)CN2Cc3cc(OCC)c(C(=O)NC)cc3C2=N)cc(C(C)(C)C)c1OC. The van der Waals surface area contributed by atoms with Gasteiger partial charge in [-0.25, -0.2) is 0 Å². The maximum atomic E-state index is 13.4.